The van der Waals surface area contributed by atoms with Crippen molar-refractivity contribution < 1.29 is 9.32 Å². The third-order valence-corrected chi connectivity index (χ3v) is 6.05. The summed E-state index contributed by atoms with van der Waals surface area (Å²) in [5.41, 5.74) is 3.84. The molecule has 0 aliphatic carbocycles. The lowest BCUT2D eigenvalue weighted by atomic mass is 10.2. The van der Waals surface area contributed by atoms with Crippen LogP contribution in [0.4, 0.5) is 0 Å². The molecule has 1 aliphatic rings. The summed E-state index contributed by atoms with van der Waals surface area (Å²) < 4.78 is 7.03. The smallest absolute Gasteiger partial charge is 0.293 e. The topological polar surface area (TPSA) is 80.3 Å². The summed E-state index contributed by atoms with van der Waals surface area (Å²) in [5, 5.41) is 8.66. The van der Waals surface area contributed by atoms with Crippen LogP contribution in [0.5, 0.6) is 0 Å². The fourth-order valence-corrected chi connectivity index (χ4v) is 4.13. The first kappa shape index (κ1) is 21.1. The molecule has 2 aromatic heterocycles. The zero-order valence-electron chi connectivity index (χ0n) is 18.8. The number of nitrogens with zero attached hydrogens (tertiary/aromatic N) is 6. The fourth-order valence-electron chi connectivity index (χ4n) is 4.13. The number of carbonyl (C=O) groups excluding carboxylic acids is 1. The molecule has 0 saturated carbocycles. The van der Waals surface area contributed by atoms with E-state index in [1.165, 1.54) is 0 Å². The average molecular weight is 443 g/mol. The Bertz CT molecular complexity index is 1160. The van der Waals surface area contributed by atoms with Crippen molar-refractivity contribution in [2.24, 2.45) is 0 Å². The average Bonchev–Trinajstić information content (AvgIpc) is 3.45. The van der Waals surface area contributed by atoms with Crippen LogP contribution in [0.25, 0.3) is 17.1 Å². The van der Waals surface area contributed by atoms with E-state index in [2.05, 4.69) is 20.1 Å². The summed E-state index contributed by atoms with van der Waals surface area (Å²) in [4.78, 5) is 22.1. The number of hydrogen-bond acceptors (Lipinski definition) is 6. The van der Waals surface area contributed by atoms with Gasteiger partial charge in [0.15, 0.2) is 5.82 Å². The van der Waals surface area contributed by atoms with Gasteiger partial charge in [0.2, 0.25) is 5.82 Å². The maximum absolute atomic E-state index is 13.3. The standard InChI is InChI=1S/C25H26N6O2/c1-18-22(19(2)33-28-18)17-29-13-15-30(16-14-29)25(32)23-26-24(20-9-5-3-6-10-20)31(27-23)21-11-7-4-8-12-21/h3-12H,13-17H2,1-2H3. The second-order valence-electron chi connectivity index (χ2n) is 8.24. The predicted octanol–water partition coefficient (Wildman–Crippen LogP) is 3.50. The third kappa shape index (κ3) is 4.29. The quantitative estimate of drug-likeness (QED) is 0.471. The SMILES string of the molecule is Cc1noc(C)c1CN1CCN(C(=O)c2nc(-c3ccccc3)n(-c3ccccc3)n2)CC1. The number of aryl methyl sites for hydroxylation is 2. The summed E-state index contributed by atoms with van der Waals surface area (Å²) >= 11 is 0. The number of benzene rings is 2. The van der Waals surface area contributed by atoms with Crippen LogP contribution in [0.2, 0.25) is 0 Å². The molecule has 168 valence electrons. The van der Waals surface area contributed by atoms with Crippen LogP contribution in [-0.2, 0) is 6.54 Å². The Hall–Kier alpha value is -3.78. The van der Waals surface area contributed by atoms with Gasteiger partial charge in [-0.25, -0.2) is 9.67 Å². The van der Waals surface area contributed by atoms with E-state index in [1.54, 1.807) is 4.68 Å². The molecule has 1 fully saturated rings. The van der Waals surface area contributed by atoms with Crippen molar-refractivity contribution in [3.05, 3.63) is 83.5 Å². The molecule has 2 aromatic carbocycles. The molecule has 0 radical (unpaired) electrons. The first-order chi connectivity index (χ1) is 16.1. The number of carbonyl (C=O) groups is 1. The van der Waals surface area contributed by atoms with E-state index in [0.29, 0.717) is 18.9 Å². The largest absolute Gasteiger partial charge is 0.361 e. The number of para-hydroxylation sites is 1. The lowest BCUT2D eigenvalue weighted by Gasteiger charge is -2.34. The van der Waals surface area contributed by atoms with Crippen LogP contribution in [0.3, 0.4) is 0 Å². The van der Waals surface area contributed by atoms with Crippen LogP contribution in [0.1, 0.15) is 27.6 Å². The maximum Gasteiger partial charge on any atom is 0.293 e. The van der Waals surface area contributed by atoms with E-state index in [-0.39, 0.29) is 11.7 Å². The molecule has 1 amide bonds. The maximum atomic E-state index is 13.3. The Balaban J connectivity index is 1.34. The van der Waals surface area contributed by atoms with Crippen molar-refractivity contribution in [2.75, 3.05) is 26.2 Å². The van der Waals surface area contributed by atoms with E-state index in [4.69, 9.17) is 4.52 Å². The summed E-state index contributed by atoms with van der Waals surface area (Å²) in [6, 6.07) is 19.6. The Labute approximate surface area is 192 Å². The minimum Gasteiger partial charge on any atom is -0.361 e. The second-order valence-corrected chi connectivity index (χ2v) is 8.24. The van der Waals surface area contributed by atoms with Gasteiger partial charge in [0.05, 0.1) is 11.4 Å². The number of rotatable bonds is 5. The van der Waals surface area contributed by atoms with Gasteiger partial charge >= 0.3 is 0 Å². The Morgan fingerprint density at radius 1 is 0.939 bits per heavy atom. The third-order valence-electron chi connectivity index (χ3n) is 6.05. The molecule has 1 saturated heterocycles. The lowest BCUT2D eigenvalue weighted by Crippen LogP contribution is -2.48. The highest BCUT2D eigenvalue weighted by molar-refractivity contribution is 5.91. The van der Waals surface area contributed by atoms with Gasteiger partial charge in [0, 0.05) is 43.9 Å². The first-order valence-electron chi connectivity index (χ1n) is 11.1. The van der Waals surface area contributed by atoms with E-state index in [1.807, 2.05) is 79.4 Å². The van der Waals surface area contributed by atoms with Crippen LogP contribution in [0, 0.1) is 13.8 Å². The van der Waals surface area contributed by atoms with Crippen LogP contribution in [0.15, 0.2) is 65.2 Å². The molecule has 3 heterocycles. The molecule has 8 nitrogen and oxygen atoms in total. The fraction of sp³-hybridized carbons (Fsp3) is 0.280. The number of amides is 1. The van der Waals surface area contributed by atoms with Crippen LogP contribution < -0.4 is 0 Å². The van der Waals surface area contributed by atoms with Gasteiger partial charge < -0.3 is 9.42 Å². The summed E-state index contributed by atoms with van der Waals surface area (Å²) in [6.45, 7) is 7.49. The van der Waals surface area contributed by atoms with Gasteiger partial charge in [0.1, 0.15) is 5.76 Å². The number of hydrogen-bond donors (Lipinski definition) is 0. The molecule has 4 aromatic rings. The predicted molar refractivity (Wildman–Crippen MR) is 124 cm³/mol. The highest BCUT2D eigenvalue weighted by Crippen LogP contribution is 2.22. The molecule has 0 bridgehead atoms. The Morgan fingerprint density at radius 3 is 2.24 bits per heavy atom. The Morgan fingerprint density at radius 2 is 1.61 bits per heavy atom. The normalized spacial score (nSPS) is 14.5. The van der Waals surface area contributed by atoms with Gasteiger partial charge in [-0.05, 0) is 26.0 Å². The zero-order valence-corrected chi connectivity index (χ0v) is 18.8. The minimum atomic E-state index is -0.140. The lowest BCUT2D eigenvalue weighted by molar-refractivity contribution is 0.0615. The molecule has 0 unspecified atom stereocenters. The van der Waals surface area contributed by atoms with Gasteiger partial charge in [0.25, 0.3) is 5.91 Å². The molecule has 5 rings (SSSR count). The van der Waals surface area contributed by atoms with Crippen molar-refractivity contribution in [1.82, 2.24) is 29.7 Å². The van der Waals surface area contributed by atoms with Crippen molar-refractivity contribution in [1.29, 1.82) is 0 Å². The zero-order chi connectivity index (χ0) is 22.8. The molecular weight excluding hydrogens is 416 g/mol. The summed E-state index contributed by atoms with van der Waals surface area (Å²) in [6.07, 6.45) is 0. The summed E-state index contributed by atoms with van der Waals surface area (Å²) in [5.74, 6) is 1.59. The van der Waals surface area contributed by atoms with Gasteiger partial charge in [-0.2, -0.15) is 0 Å². The molecule has 1 aliphatic heterocycles. The monoisotopic (exact) mass is 442 g/mol. The van der Waals surface area contributed by atoms with Gasteiger partial charge in [-0.3, -0.25) is 9.69 Å². The van der Waals surface area contributed by atoms with Crippen molar-refractivity contribution in [3.8, 4) is 17.1 Å². The first-order valence-corrected chi connectivity index (χ1v) is 11.1. The summed E-state index contributed by atoms with van der Waals surface area (Å²) in [7, 11) is 0. The minimum absolute atomic E-state index is 0.140. The molecule has 33 heavy (non-hydrogen) atoms. The van der Waals surface area contributed by atoms with Crippen molar-refractivity contribution >= 4 is 5.91 Å². The van der Waals surface area contributed by atoms with Gasteiger partial charge in [-0.1, -0.05) is 53.7 Å². The van der Waals surface area contributed by atoms with E-state index in [9.17, 15) is 4.79 Å². The second kappa shape index (κ2) is 8.99. The van der Waals surface area contributed by atoms with E-state index in [0.717, 1.165) is 47.9 Å². The highest BCUT2D eigenvalue weighted by atomic mass is 16.5. The molecule has 8 heteroatoms. The number of aromatic nitrogens is 4. The van der Waals surface area contributed by atoms with E-state index < -0.39 is 0 Å². The van der Waals surface area contributed by atoms with Crippen molar-refractivity contribution in [2.45, 2.75) is 20.4 Å². The molecule has 0 spiro atoms. The molecule has 0 atom stereocenters. The van der Waals surface area contributed by atoms with Crippen LogP contribution in [-0.4, -0.2) is 61.8 Å². The number of piperazine rings is 1. The molecule has 0 N–H and O–H groups in total. The highest BCUT2D eigenvalue weighted by Gasteiger charge is 2.27. The van der Waals surface area contributed by atoms with Gasteiger partial charge in [-0.15, -0.1) is 5.10 Å². The van der Waals surface area contributed by atoms with Crippen LogP contribution >= 0.6 is 0 Å². The van der Waals surface area contributed by atoms with E-state index >= 15 is 0 Å². The Kier molecular flexibility index (Phi) is 5.75. The van der Waals surface area contributed by atoms with Crippen molar-refractivity contribution in [3.63, 3.8) is 0 Å². The molecular formula is C25H26N6O2.